The van der Waals surface area contributed by atoms with Crippen LogP contribution in [0.3, 0.4) is 0 Å². The normalized spacial score (nSPS) is 13.6. The van der Waals surface area contributed by atoms with Crippen LogP contribution in [0.2, 0.25) is 0 Å². The first-order valence-electron chi connectivity index (χ1n) is 6.01. The van der Waals surface area contributed by atoms with Crippen LogP contribution in [0.15, 0.2) is 4.90 Å². The lowest BCUT2D eigenvalue weighted by atomic mass is 10.1. The van der Waals surface area contributed by atoms with Gasteiger partial charge in [0.05, 0.1) is 5.69 Å². The zero-order chi connectivity index (χ0) is 14.8. The molecule has 108 valence electrons. The van der Waals surface area contributed by atoms with Gasteiger partial charge in [0.1, 0.15) is 4.90 Å². The van der Waals surface area contributed by atoms with Gasteiger partial charge in [-0.1, -0.05) is 20.8 Å². The summed E-state index contributed by atoms with van der Waals surface area (Å²) in [5.74, 6) is -0.319. The highest BCUT2D eigenvalue weighted by Gasteiger charge is 2.28. The van der Waals surface area contributed by atoms with E-state index in [0.717, 1.165) is 0 Å². The Bertz CT molecular complexity index is 566. The Balaban J connectivity index is 3.15. The summed E-state index contributed by atoms with van der Waals surface area (Å²) in [6, 6.07) is -0.0971. The van der Waals surface area contributed by atoms with E-state index in [0.29, 0.717) is 12.1 Å². The molecule has 0 aliphatic rings. The predicted octanol–water partition coefficient (Wildman–Crippen LogP) is 1.67. The van der Waals surface area contributed by atoms with E-state index in [-0.39, 0.29) is 22.5 Å². The Labute approximate surface area is 117 Å². The number of aryl methyl sites for hydroxylation is 1. The minimum absolute atomic E-state index is 0.0971. The maximum Gasteiger partial charge on any atom is 0.273 e. The van der Waals surface area contributed by atoms with Gasteiger partial charge < -0.3 is 5.32 Å². The van der Waals surface area contributed by atoms with E-state index in [1.807, 2.05) is 20.8 Å². The molecule has 19 heavy (non-hydrogen) atoms. The van der Waals surface area contributed by atoms with Crippen LogP contribution in [0.5, 0.6) is 0 Å². The number of carbonyl (C=O) groups excluding carboxylic acids is 1. The third-order valence-corrected chi connectivity index (χ3v) is 4.35. The number of hydrogen-bond acceptors (Lipinski definition) is 4. The van der Waals surface area contributed by atoms with Crippen molar-refractivity contribution in [1.82, 2.24) is 15.5 Å². The fourth-order valence-corrected chi connectivity index (χ4v) is 2.82. The largest absolute Gasteiger partial charge is 0.348 e. The summed E-state index contributed by atoms with van der Waals surface area (Å²) < 4.78 is 23.1. The van der Waals surface area contributed by atoms with Crippen LogP contribution in [0, 0.1) is 5.92 Å². The first-order valence-corrected chi connectivity index (χ1v) is 8.32. The Morgan fingerprint density at radius 3 is 2.42 bits per heavy atom. The molecule has 0 bridgehead atoms. The number of amides is 1. The van der Waals surface area contributed by atoms with E-state index in [2.05, 4.69) is 15.5 Å². The second kappa shape index (κ2) is 5.92. The van der Waals surface area contributed by atoms with Gasteiger partial charge in [0, 0.05) is 16.7 Å². The van der Waals surface area contributed by atoms with Crippen LogP contribution in [0.4, 0.5) is 0 Å². The SMILES string of the molecule is CCc1[nH]nc(C(=O)NC(C)C(C)C)c1S(=O)(=O)Cl. The van der Waals surface area contributed by atoms with Gasteiger partial charge in [0.25, 0.3) is 15.0 Å². The molecule has 1 atom stereocenters. The van der Waals surface area contributed by atoms with Crippen LogP contribution < -0.4 is 5.32 Å². The maximum atomic E-state index is 12.0. The Morgan fingerprint density at radius 1 is 1.42 bits per heavy atom. The van der Waals surface area contributed by atoms with E-state index >= 15 is 0 Å². The van der Waals surface area contributed by atoms with Crippen LogP contribution >= 0.6 is 10.7 Å². The van der Waals surface area contributed by atoms with E-state index < -0.39 is 15.0 Å². The van der Waals surface area contributed by atoms with Crippen molar-refractivity contribution in [3.05, 3.63) is 11.4 Å². The molecular weight excluding hydrogens is 290 g/mol. The Kier molecular flexibility index (Phi) is 4.98. The van der Waals surface area contributed by atoms with Crippen molar-refractivity contribution < 1.29 is 13.2 Å². The van der Waals surface area contributed by atoms with Crippen molar-refractivity contribution in [1.29, 1.82) is 0 Å². The third kappa shape index (κ3) is 3.70. The van der Waals surface area contributed by atoms with Crippen molar-refractivity contribution in [2.45, 2.75) is 45.1 Å². The molecule has 1 heterocycles. The lowest BCUT2D eigenvalue weighted by molar-refractivity contribution is 0.0922. The standard InChI is InChI=1S/C11H18ClN3O3S/c1-5-8-10(19(12,17)18)9(15-14-8)11(16)13-7(4)6(2)3/h6-7H,5H2,1-4H3,(H,13,16)(H,14,15). The molecule has 2 N–H and O–H groups in total. The number of nitrogens with zero attached hydrogens (tertiary/aromatic N) is 1. The van der Waals surface area contributed by atoms with Crippen molar-refractivity contribution in [2.75, 3.05) is 0 Å². The minimum atomic E-state index is -4.02. The van der Waals surface area contributed by atoms with Crippen LogP contribution in [-0.4, -0.2) is 30.6 Å². The quantitative estimate of drug-likeness (QED) is 0.809. The second-order valence-corrected chi connectivity index (χ2v) is 7.18. The highest BCUT2D eigenvalue weighted by molar-refractivity contribution is 8.13. The van der Waals surface area contributed by atoms with E-state index in [9.17, 15) is 13.2 Å². The van der Waals surface area contributed by atoms with Crippen LogP contribution in [-0.2, 0) is 15.5 Å². The number of aromatic nitrogens is 2. The molecule has 0 radical (unpaired) electrons. The third-order valence-electron chi connectivity index (χ3n) is 2.96. The summed E-state index contributed by atoms with van der Waals surface area (Å²) in [5, 5.41) is 9.01. The number of rotatable bonds is 5. The van der Waals surface area contributed by atoms with Gasteiger partial charge in [-0.2, -0.15) is 5.10 Å². The smallest absolute Gasteiger partial charge is 0.273 e. The predicted molar refractivity (Wildman–Crippen MR) is 72.8 cm³/mol. The van der Waals surface area contributed by atoms with Crippen molar-refractivity contribution in [2.24, 2.45) is 5.92 Å². The molecule has 1 rings (SSSR count). The molecule has 6 nitrogen and oxygen atoms in total. The average Bonchev–Trinajstić information content (AvgIpc) is 2.71. The maximum absolute atomic E-state index is 12.0. The Morgan fingerprint density at radius 2 is 2.00 bits per heavy atom. The van der Waals surface area contributed by atoms with E-state index in [1.54, 1.807) is 6.92 Å². The Hall–Kier alpha value is -1.08. The summed E-state index contributed by atoms with van der Waals surface area (Å²) in [6.45, 7) is 7.49. The van der Waals surface area contributed by atoms with E-state index in [4.69, 9.17) is 10.7 Å². The second-order valence-electron chi connectivity index (χ2n) is 4.68. The molecule has 0 spiro atoms. The van der Waals surface area contributed by atoms with Gasteiger partial charge in [-0.15, -0.1) is 0 Å². The summed E-state index contributed by atoms with van der Waals surface area (Å²) in [4.78, 5) is 11.8. The van der Waals surface area contributed by atoms with Gasteiger partial charge in [-0.05, 0) is 19.3 Å². The molecule has 0 saturated heterocycles. The number of nitrogens with one attached hydrogen (secondary N) is 2. The number of H-pyrrole nitrogens is 1. The molecule has 0 saturated carbocycles. The summed E-state index contributed by atoms with van der Waals surface area (Å²) in [5.41, 5.74) is 0.150. The van der Waals surface area contributed by atoms with Crippen LogP contribution in [0.1, 0.15) is 43.9 Å². The molecule has 1 aromatic heterocycles. The van der Waals surface area contributed by atoms with E-state index in [1.165, 1.54) is 0 Å². The lowest BCUT2D eigenvalue weighted by Gasteiger charge is -2.16. The highest BCUT2D eigenvalue weighted by atomic mass is 35.7. The fourth-order valence-electron chi connectivity index (χ4n) is 1.47. The van der Waals surface area contributed by atoms with Gasteiger partial charge in [-0.25, -0.2) is 8.42 Å². The molecule has 1 amide bonds. The number of halogens is 1. The summed E-state index contributed by atoms with van der Waals surface area (Å²) >= 11 is 0. The first-order chi connectivity index (χ1) is 8.68. The number of carbonyl (C=O) groups is 1. The lowest BCUT2D eigenvalue weighted by Crippen LogP contribution is -2.36. The summed E-state index contributed by atoms with van der Waals surface area (Å²) in [6.07, 6.45) is 0.390. The van der Waals surface area contributed by atoms with Crippen LogP contribution in [0.25, 0.3) is 0 Å². The fraction of sp³-hybridized carbons (Fsp3) is 0.636. The summed E-state index contributed by atoms with van der Waals surface area (Å²) in [7, 11) is 1.35. The highest BCUT2D eigenvalue weighted by Crippen LogP contribution is 2.23. The van der Waals surface area contributed by atoms with Crippen molar-refractivity contribution in [3.63, 3.8) is 0 Å². The molecule has 0 aromatic carbocycles. The zero-order valence-electron chi connectivity index (χ0n) is 11.3. The van der Waals surface area contributed by atoms with Crippen molar-refractivity contribution >= 4 is 25.6 Å². The van der Waals surface area contributed by atoms with Gasteiger partial charge in [-0.3, -0.25) is 9.89 Å². The zero-order valence-corrected chi connectivity index (χ0v) is 12.9. The van der Waals surface area contributed by atoms with Gasteiger partial charge >= 0.3 is 0 Å². The number of hydrogen-bond donors (Lipinski definition) is 2. The molecule has 0 aliphatic carbocycles. The first kappa shape index (κ1) is 16.0. The number of aromatic amines is 1. The van der Waals surface area contributed by atoms with Crippen molar-refractivity contribution in [3.8, 4) is 0 Å². The van der Waals surface area contributed by atoms with Gasteiger partial charge in [0.15, 0.2) is 5.69 Å². The molecular formula is C11H18ClN3O3S. The molecule has 8 heteroatoms. The minimum Gasteiger partial charge on any atom is -0.348 e. The molecule has 1 aromatic rings. The molecule has 0 aliphatic heterocycles. The molecule has 0 fully saturated rings. The van der Waals surface area contributed by atoms with Gasteiger partial charge in [0.2, 0.25) is 0 Å². The topological polar surface area (TPSA) is 91.9 Å². The average molecular weight is 308 g/mol. The molecule has 1 unspecified atom stereocenters. The monoisotopic (exact) mass is 307 g/mol.